The number of benzene rings is 2. The van der Waals surface area contributed by atoms with Gasteiger partial charge in [0.05, 0.1) is 10.6 Å². The molecule has 3 rings (SSSR count). The van der Waals surface area contributed by atoms with Crippen molar-refractivity contribution in [3.8, 4) is 17.0 Å². The van der Waals surface area contributed by atoms with Crippen molar-refractivity contribution in [2.75, 3.05) is 17.2 Å². The van der Waals surface area contributed by atoms with Gasteiger partial charge in [0.2, 0.25) is 5.95 Å². The number of nitro benzene ring substituents is 1. The van der Waals surface area contributed by atoms with E-state index in [4.69, 9.17) is 0 Å². The van der Waals surface area contributed by atoms with E-state index in [1.807, 2.05) is 6.92 Å². The van der Waals surface area contributed by atoms with Gasteiger partial charge in [-0.25, -0.2) is 4.98 Å². The highest BCUT2D eigenvalue weighted by molar-refractivity contribution is 5.68. The van der Waals surface area contributed by atoms with Crippen molar-refractivity contribution in [2.45, 2.75) is 13.3 Å². The fourth-order valence-electron chi connectivity index (χ4n) is 2.56. The predicted octanol–water partition coefficient (Wildman–Crippen LogP) is 5.13. The molecular weight excluding hydrogens is 403 g/mol. The summed E-state index contributed by atoms with van der Waals surface area (Å²) in [5.74, 6) is 0.252. The van der Waals surface area contributed by atoms with Crippen LogP contribution in [-0.4, -0.2) is 27.8 Å². The lowest BCUT2D eigenvalue weighted by molar-refractivity contribution is -0.384. The van der Waals surface area contributed by atoms with Crippen molar-refractivity contribution in [2.24, 2.45) is 0 Å². The number of aromatic nitrogens is 2. The third kappa shape index (κ3) is 5.56. The van der Waals surface area contributed by atoms with Gasteiger partial charge >= 0.3 is 6.36 Å². The SMILES string of the molecule is CCNc1nc(Nc2ccc([N+](=O)[O-])cc2)cc(-c2cccc(OC(F)(F)F)c2)n1. The van der Waals surface area contributed by atoms with Gasteiger partial charge < -0.3 is 15.4 Å². The topological polar surface area (TPSA) is 102 Å². The Morgan fingerprint density at radius 2 is 1.83 bits per heavy atom. The van der Waals surface area contributed by atoms with E-state index in [0.717, 1.165) is 0 Å². The van der Waals surface area contributed by atoms with Crippen molar-refractivity contribution in [1.82, 2.24) is 9.97 Å². The van der Waals surface area contributed by atoms with Gasteiger partial charge in [0, 0.05) is 36.0 Å². The molecule has 11 heteroatoms. The fourth-order valence-corrected chi connectivity index (χ4v) is 2.56. The molecule has 2 aromatic carbocycles. The molecule has 0 saturated heterocycles. The molecule has 1 heterocycles. The normalized spacial score (nSPS) is 11.1. The smallest absolute Gasteiger partial charge is 0.406 e. The van der Waals surface area contributed by atoms with E-state index < -0.39 is 11.3 Å². The van der Waals surface area contributed by atoms with E-state index in [2.05, 4.69) is 25.3 Å². The van der Waals surface area contributed by atoms with Crippen molar-refractivity contribution in [1.29, 1.82) is 0 Å². The molecule has 3 aromatic rings. The number of non-ortho nitro benzene ring substituents is 1. The summed E-state index contributed by atoms with van der Waals surface area (Å²) in [6.07, 6.45) is -4.80. The Bertz CT molecular complexity index is 1040. The quantitative estimate of drug-likeness (QED) is 0.404. The Labute approximate surface area is 168 Å². The largest absolute Gasteiger partial charge is 0.573 e. The van der Waals surface area contributed by atoms with Crippen molar-refractivity contribution < 1.29 is 22.8 Å². The third-order valence-corrected chi connectivity index (χ3v) is 3.77. The Morgan fingerprint density at radius 3 is 2.47 bits per heavy atom. The first-order valence-electron chi connectivity index (χ1n) is 8.74. The highest BCUT2D eigenvalue weighted by Gasteiger charge is 2.31. The number of nitrogens with one attached hydrogen (secondary N) is 2. The van der Waals surface area contributed by atoms with E-state index >= 15 is 0 Å². The molecule has 0 fully saturated rings. The zero-order valence-electron chi connectivity index (χ0n) is 15.6. The number of rotatable bonds is 7. The zero-order valence-corrected chi connectivity index (χ0v) is 15.6. The highest BCUT2D eigenvalue weighted by Crippen LogP contribution is 2.29. The second kappa shape index (κ2) is 8.64. The Kier molecular flexibility index (Phi) is 6.00. The number of halogens is 3. The minimum atomic E-state index is -4.80. The first kappa shape index (κ1) is 20.8. The Morgan fingerprint density at radius 1 is 1.10 bits per heavy atom. The van der Waals surface area contributed by atoms with Gasteiger partial charge in [-0.3, -0.25) is 10.1 Å². The molecule has 0 atom stereocenters. The van der Waals surface area contributed by atoms with Crippen LogP contribution in [0.5, 0.6) is 5.75 Å². The second-order valence-corrected chi connectivity index (χ2v) is 6.00. The molecule has 0 unspecified atom stereocenters. The lowest BCUT2D eigenvalue weighted by Gasteiger charge is -2.12. The molecule has 0 aliphatic heterocycles. The van der Waals surface area contributed by atoms with E-state index in [-0.39, 0.29) is 17.4 Å². The van der Waals surface area contributed by atoms with Crippen LogP contribution in [0, 0.1) is 10.1 Å². The van der Waals surface area contributed by atoms with Crippen LogP contribution in [0.2, 0.25) is 0 Å². The number of hydrogen-bond acceptors (Lipinski definition) is 7. The van der Waals surface area contributed by atoms with Gasteiger partial charge in [-0.1, -0.05) is 12.1 Å². The summed E-state index contributed by atoms with van der Waals surface area (Å²) >= 11 is 0. The van der Waals surface area contributed by atoms with Crippen LogP contribution in [0.4, 0.5) is 36.3 Å². The summed E-state index contributed by atoms with van der Waals surface area (Å²) in [4.78, 5) is 18.9. The summed E-state index contributed by atoms with van der Waals surface area (Å²) < 4.78 is 41.5. The summed E-state index contributed by atoms with van der Waals surface area (Å²) in [6.45, 7) is 2.37. The van der Waals surface area contributed by atoms with E-state index in [1.54, 1.807) is 12.1 Å². The van der Waals surface area contributed by atoms with Crippen molar-refractivity contribution in [3.63, 3.8) is 0 Å². The molecule has 0 aliphatic carbocycles. The number of alkyl halides is 3. The van der Waals surface area contributed by atoms with E-state index in [0.29, 0.717) is 29.3 Å². The van der Waals surface area contributed by atoms with Crippen LogP contribution in [0.1, 0.15) is 6.92 Å². The van der Waals surface area contributed by atoms with Gasteiger partial charge in [0.15, 0.2) is 0 Å². The monoisotopic (exact) mass is 419 g/mol. The molecule has 0 radical (unpaired) electrons. The molecule has 0 saturated carbocycles. The maximum absolute atomic E-state index is 12.5. The minimum Gasteiger partial charge on any atom is -0.406 e. The molecule has 2 N–H and O–H groups in total. The number of anilines is 3. The minimum absolute atomic E-state index is 0.0567. The van der Waals surface area contributed by atoms with Crippen LogP contribution < -0.4 is 15.4 Å². The standard InChI is InChI=1S/C19H16F3N5O3/c1-2-23-18-25-16(12-4-3-5-15(10-12)30-19(20,21)22)11-17(26-18)24-13-6-8-14(9-7-13)27(28)29/h3-11H,2H2,1H3,(H2,23,24,25,26). The molecule has 0 aliphatic rings. The molecule has 30 heavy (non-hydrogen) atoms. The maximum atomic E-state index is 12.5. The van der Waals surface area contributed by atoms with Gasteiger partial charge in [0.1, 0.15) is 11.6 Å². The van der Waals surface area contributed by atoms with Crippen LogP contribution in [-0.2, 0) is 0 Å². The number of nitrogens with zero attached hydrogens (tertiary/aromatic N) is 3. The molecular formula is C19H16F3N5O3. The third-order valence-electron chi connectivity index (χ3n) is 3.77. The second-order valence-electron chi connectivity index (χ2n) is 6.00. The van der Waals surface area contributed by atoms with E-state index in [9.17, 15) is 23.3 Å². The van der Waals surface area contributed by atoms with E-state index in [1.165, 1.54) is 42.5 Å². The Hall–Kier alpha value is -3.89. The van der Waals surface area contributed by atoms with Gasteiger partial charge in [-0.05, 0) is 31.2 Å². The fraction of sp³-hybridized carbons (Fsp3) is 0.158. The van der Waals surface area contributed by atoms with Crippen molar-refractivity contribution in [3.05, 3.63) is 64.7 Å². The predicted molar refractivity (Wildman–Crippen MR) is 105 cm³/mol. The van der Waals surface area contributed by atoms with Gasteiger partial charge in [0.25, 0.3) is 5.69 Å². The Balaban J connectivity index is 1.93. The lowest BCUT2D eigenvalue weighted by Crippen LogP contribution is -2.17. The van der Waals surface area contributed by atoms with Crippen molar-refractivity contribution >= 4 is 23.1 Å². The first-order chi connectivity index (χ1) is 14.2. The average molecular weight is 419 g/mol. The molecule has 0 bridgehead atoms. The summed E-state index contributed by atoms with van der Waals surface area (Å²) in [7, 11) is 0. The van der Waals surface area contributed by atoms with Crippen LogP contribution in [0.15, 0.2) is 54.6 Å². The molecule has 156 valence electrons. The number of hydrogen-bond donors (Lipinski definition) is 2. The number of nitro groups is 1. The van der Waals surface area contributed by atoms with Crippen LogP contribution in [0.3, 0.4) is 0 Å². The molecule has 1 aromatic heterocycles. The molecule has 8 nitrogen and oxygen atoms in total. The summed E-state index contributed by atoms with van der Waals surface area (Å²) in [6, 6.07) is 12.7. The number of ether oxygens (including phenoxy) is 1. The lowest BCUT2D eigenvalue weighted by atomic mass is 10.1. The molecule has 0 amide bonds. The maximum Gasteiger partial charge on any atom is 0.573 e. The van der Waals surface area contributed by atoms with Crippen LogP contribution in [0.25, 0.3) is 11.3 Å². The highest BCUT2D eigenvalue weighted by atomic mass is 19.4. The average Bonchev–Trinajstić information content (AvgIpc) is 2.67. The van der Waals surface area contributed by atoms with Gasteiger partial charge in [-0.15, -0.1) is 13.2 Å². The van der Waals surface area contributed by atoms with Crippen LogP contribution >= 0.6 is 0 Å². The zero-order chi connectivity index (χ0) is 21.7. The van der Waals surface area contributed by atoms with Gasteiger partial charge in [-0.2, -0.15) is 4.98 Å². The summed E-state index contributed by atoms with van der Waals surface area (Å²) in [5.41, 5.74) is 1.24. The molecule has 0 spiro atoms. The first-order valence-corrected chi connectivity index (χ1v) is 8.74. The summed E-state index contributed by atoms with van der Waals surface area (Å²) in [5, 5.41) is 16.7.